The molecule has 3 heterocycles. The number of carbonyl (C=O) groups excluding carboxylic acids is 2. The summed E-state index contributed by atoms with van der Waals surface area (Å²) >= 11 is 0. The lowest BCUT2D eigenvalue weighted by molar-refractivity contribution is -0.137. The molecule has 26 heavy (non-hydrogen) atoms. The van der Waals surface area contributed by atoms with Crippen molar-refractivity contribution in [2.24, 2.45) is 0 Å². The van der Waals surface area contributed by atoms with Gasteiger partial charge in [-0.1, -0.05) is 30.3 Å². The summed E-state index contributed by atoms with van der Waals surface area (Å²) in [6.45, 7) is 2.99. The van der Waals surface area contributed by atoms with Gasteiger partial charge in [-0.05, 0) is 22.9 Å². The van der Waals surface area contributed by atoms with Gasteiger partial charge in [0.1, 0.15) is 12.4 Å². The monoisotopic (exact) mass is 357 g/mol. The summed E-state index contributed by atoms with van der Waals surface area (Å²) in [5.74, 6) is 0.491. The van der Waals surface area contributed by atoms with Gasteiger partial charge in [0, 0.05) is 25.9 Å². The molecular weight excluding hydrogens is 338 g/mol. The molecule has 2 aliphatic rings. The molecule has 1 spiro atoms. The minimum absolute atomic E-state index is 0.0771. The zero-order chi connectivity index (χ0) is 18.1. The van der Waals surface area contributed by atoms with Crippen molar-refractivity contribution in [3.8, 4) is 0 Å². The number of amides is 1. The van der Waals surface area contributed by atoms with E-state index in [2.05, 4.69) is 15.5 Å². The van der Waals surface area contributed by atoms with Crippen molar-refractivity contribution in [2.75, 3.05) is 19.7 Å². The highest BCUT2D eigenvalue weighted by Crippen LogP contribution is 2.33. The van der Waals surface area contributed by atoms with Crippen LogP contribution in [0, 0.1) is 6.92 Å². The highest BCUT2D eigenvalue weighted by atomic mass is 16.8. The smallest absolute Gasteiger partial charge is 0.430 e. The summed E-state index contributed by atoms with van der Waals surface area (Å²) in [4.78, 5) is 26.3. The van der Waals surface area contributed by atoms with Crippen LogP contribution < -0.4 is 0 Å². The average molecular weight is 357 g/mol. The third-order valence-electron chi connectivity index (χ3n) is 4.99. The van der Waals surface area contributed by atoms with Crippen molar-refractivity contribution in [2.45, 2.75) is 31.4 Å². The van der Waals surface area contributed by atoms with Crippen molar-refractivity contribution in [3.63, 3.8) is 0 Å². The van der Waals surface area contributed by atoms with Gasteiger partial charge >= 0.3 is 6.16 Å². The second-order valence-electron chi connectivity index (χ2n) is 6.63. The Labute approximate surface area is 149 Å². The molecule has 0 N–H and O–H groups in total. The lowest BCUT2D eigenvalue weighted by atomic mass is 9.91. The molecule has 0 aliphatic carbocycles. The largest absolute Gasteiger partial charge is 0.509 e. The van der Waals surface area contributed by atoms with Crippen LogP contribution >= 0.6 is 0 Å². The van der Waals surface area contributed by atoms with Crippen molar-refractivity contribution in [1.82, 2.24) is 25.1 Å². The van der Waals surface area contributed by atoms with Crippen LogP contribution in [-0.2, 0) is 14.3 Å². The normalized spacial score (nSPS) is 19.9. The molecule has 2 aliphatic heterocycles. The lowest BCUT2D eigenvalue weighted by Gasteiger charge is -2.37. The molecule has 4 rings (SSSR count). The maximum atomic E-state index is 13.3. The molecule has 0 saturated carbocycles. The first-order chi connectivity index (χ1) is 12.6. The molecule has 136 valence electrons. The molecule has 0 bridgehead atoms. The predicted octanol–water partition coefficient (Wildman–Crippen LogP) is 1.10. The van der Waals surface area contributed by atoms with Gasteiger partial charge in [-0.2, -0.15) is 0 Å². The van der Waals surface area contributed by atoms with E-state index < -0.39 is 17.8 Å². The number of likely N-dealkylation sites (tertiary alicyclic amines) is 1. The maximum absolute atomic E-state index is 13.3. The number of nitrogens with zero attached hydrogens (tertiary/aromatic N) is 5. The fraction of sp³-hybridized carbons (Fsp3) is 0.471. The Bertz CT molecular complexity index is 814. The van der Waals surface area contributed by atoms with E-state index in [1.807, 2.05) is 30.3 Å². The van der Waals surface area contributed by atoms with Crippen LogP contribution in [0.15, 0.2) is 30.3 Å². The summed E-state index contributed by atoms with van der Waals surface area (Å²) in [6.07, 6.45) is 0.484. The van der Waals surface area contributed by atoms with E-state index in [0.717, 1.165) is 5.56 Å². The summed E-state index contributed by atoms with van der Waals surface area (Å²) < 4.78 is 11.8. The quantitative estimate of drug-likeness (QED) is 0.758. The Hall–Kier alpha value is -2.97. The van der Waals surface area contributed by atoms with E-state index in [1.54, 1.807) is 16.5 Å². The standard InChI is InChI=1S/C17H19N5O4/c1-12-18-19-20-22(12)14(13-5-3-2-4-6-13)15(23)21-9-7-17(8-10-21)11-25-16(24)26-17/h2-6,14H,7-11H2,1H3. The Morgan fingerprint density at radius 3 is 2.54 bits per heavy atom. The third kappa shape index (κ3) is 2.89. The van der Waals surface area contributed by atoms with E-state index in [4.69, 9.17) is 9.47 Å². The van der Waals surface area contributed by atoms with Crippen LogP contribution in [-0.4, -0.2) is 62.5 Å². The fourth-order valence-corrected chi connectivity index (χ4v) is 3.48. The van der Waals surface area contributed by atoms with Gasteiger partial charge in [-0.3, -0.25) is 4.79 Å². The van der Waals surface area contributed by atoms with Crippen molar-refractivity contribution < 1.29 is 19.1 Å². The first-order valence-corrected chi connectivity index (χ1v) is 8.52. The van der Waals surface area contributed by atoms with Crippen molar-refractivity contribution in [3.05, 3.63) is 41.7 Å². The summed E-state index contributed by atoms with van der Waals surface area (Å²) in [6, 6.07) is 8.83. The number of carbonyl (C=O) groups is 2. The lowest BCUT2D eigenvalue weighted by Crippen LogP contribution is -2.50. The maximum Gasteiger partial charge on any atom is 0.509 e. The van der Waals surface area contributed by atoms with Gasteiger partial charge in [0.2, 0.25) is 0 Å². The summed E-state index contributed by atoms with van der Waals surface area (Å²) in [5, 5.41) is 11.6. The topological polar surface area (TPSA) is 99.4 Å². The number of tetrazole rings is 1. The summed E-state index contributed by atoms with van der Waals surface area (Å²) in [5.41, 5.74) is 0.227. The third-order valence-corrected chi connectivity index (χ3v) is 4.99. The fourth-order valence-electron chi connectivity index (χ4n) is 3.48. The number of aromatic nitrogens is 4. The van der Waals surface area contributed by atoms with Gasteiger partial charge in [0.15, 0.2) is 11.6 Å². The molecule has 9 nitrogen and oxygen atoms in total. The molecule has 1 aromatic heterocycles. The van der Waals surface area contributed by atoms with Crippen molar-refractivity contribution >= 4 is 12.1 Å². The highest BCUT2D eigenvalue weighted by Gasteiger charge is 2.46. The highest BCUT2D eigenvalue weighted by molar-refractivity contribution is 5.83. The Morgan fingerprint density at radius 2 is 1.96 bits per heavy atom. The van der Waals surface area contributed by atoms with Gasteiger partial charge in [0.05, 0.1) is 0 Å². The zero-order valence-corrected chi connectivity index (χ0v) is 14.4. The molecule has 2 aromatic rings. The molecule has 1 amide bonds. The van der Waals surface area contributed by atoms with Crippen LogP contribution in [0.1, 0.15) is 30.3 Å². The number of ether oxygens (including phenoxy) is 2. The van der Waals surface area contributed by atoms with Crippen LogP contribution in [0.4, 0.5) is 4.79 Å². The van der Waals surface area contributed by atoms with Crippen molar-refractivity contribution in [1.29, 1.82) is 0 Å². The van der Waals surface area contributed by atoms with Crippen LogP contribution in [0.2, 0.25) is 0 Å². The molecular formula is C17H19N5O4. The number of rotatable bonds is 3. The molecule has 1 atom stereocenters. The number of benzene rings is 1. The summed E-state index contributed by atoms with van der Waals surface area (Å²) in [7, 11) is 0. The minimum Gasteiger partial charge on any atom is -0.430 e. The first kappa shape index (κ1) is 16.5. The minimum atomic E-state index is -0.628. The second kappa shape index (κ2) is 6.40. The molecule has 0 radical (unpaired) electrons. The van der Waals surface area contributed by atoms with Gasteiger partial charge in [-0.15, -0.1) is 5.10 Å². The number of hydrogen-bond donors (Lipinski definition) is 0. The molecule has 2 saturated heterocycles. The number of aryl methyl sites for hydroxylation is 1. The first-order valence-electron chi connectivity index (χ1n) is 8.52. The van der Waals surface area contributed by atoms with E-state index in [1.165, 1.54) is 0 Å². The molecule has 9 heteroatoms. The number of cyclic esters (lactones) is 1. The second-order valence-corrected chi connectivity index (χ2v) is 6.63. The van der Waals surface area contributed by atoms with Gasteiger partial charge in [-0.25, -0.2) is 9.48 Å². The zero-order valence-electron chi connectivity index (χ0n) is 14.4. The van der Waals surface area contributed by atoms with Gasteiger partial charge in [0.25, 0.3) is 5.91 Å². The van der Waals surface area contributed by atoms with E-state index in [0.29, 0.717) is 31.8 Å². The van der Waals surface area contributed by atoms with Crippen LogP contribution in [0.3, 0.4) is 0 Å². The Kier molecular flexibility index (Phi) is 4.06. The molecule has 1 unspecified atom stereocenters. The van der Waals surface area contributed by atoms with Gasteiger partial charge < -0.3 is 14.4 Å². The Morgan fingerprint density at radius 1 is 1.23 bits per heavy atom. The molecule has 1 aromatic carbocycles. The number of hydrogen-bond acceptors (Lipinski definition) is 7. The van der Waals surface area contributed by atoms with Crippen LogP contribution in [0.5, 0.6) is 0 Å². The van der Waals surface area contributed by atoms with E-state index in [-0.39, 0.29) is 12.5 Å². The molecule has 2 fully saturated rings. The Balaban J connectivity index is 1.56. The number of piperidine rings is 1. The average Bonchev–Trinajstić information content (AvgIpc) is 3.23. The van der Waals surface area contributed by atoms with E-state index >= 15 is 0 Å². The SMILES string of the molecule is Cc1nnnn1C(C(=O)N1CCC2(CC1)COC(=O)O2)c1ccccc1. The predicted molar refractivity (Wildman–Crippen MR) is 88.1 cm³/mol. The van der Waals surface area contributed by atoms with E-state index in [9.17, 15) is 9.59 Å². The van der Waals surface area contributed by atoms with Crippen LogP contribution in [0.25, 0.3) is 0 Å².